The number of ether oxygens (including phenoxy) is 2. The zero-order valence-electron chi connectivity index (χ0n) is 20.2. The Morgan fingerprint density at radius 1 is 1.00 bits per heavy atom. The Hall–Kier alpha value is -2.77. The summed E-state index contributed by atoms with van der Waals surface area (Å²) in [6, 6.07) is 18.4. The van der Waals surface area contributed by atoms with Gasteiger partial charge in [-0.15, -0.1) is 0 Å². The van der Waals surface area contributed by atoms with E-state index in [0.717, 1.165) is 30.9 Å². The third-order valence-corrected chi connectivity index (χ3v) is 8.36. The van der Waals surface area contributed by atoms with Gasteiger partial charge in [0.2, 0.25) is 0 Å². The van der Waals surface area contributed by atoms with Crippen molar-refractivity contribution in [3.8, 4) is 22.8 Å². The van der Waals surface area contributed by atoms with E-state index in [1.807, 2.05) is 6.07 Å². The van der Waals surface area contributed by atoms with Crippen molar-refractivity contribution in [2.24, 2.45) is 0 Å². The number of H-pyrrole nitrogens is 1. The van der Waals surface area contributed by atoms with Crippen LogP contribution in [0.25, 0.3) is 11.3 Å². The van der Waals surface area contributed by atoms with Gasteiger partial charge in [0, 0.05) is 35.6 Å². The number of aromatic amines is 1. The first kappa shape index (κ1) is 24.4. The van der Waals surface area contributed by atoms with Gasteiger partial charge in [0.1, 0.15) is 0 Å². The minimum atomic E-state index is -3.40. The second-order valence-electron chi connectivity index (χ2n) is 8.75. The van der Waals surface area contributed by atoms with Crippen LogP contribution in [-0.2, 0) is 16.4 Å². The maximum Gasteiger partial charge on any atom is 0.178 e. The maximum absolute atomic E-state index is 12.6. The molecule has 3 aromatic rings. The van der Waals surface area contributed by atoms with E-state index in [0.29, 0.717) is 23.1 Å². The van der Waals surface area contributed by atoms with E-state index >= 15 is 0 Å². The summed E-state index contributed by atoms with van der Waals surface area (Å²) in [5, 5.41) is 0. The first-order valence-corrected chi connectivity index (χ1v) is 13.6. The largest absolute Gasteiger partial charge is 0.493 e. The van der Waals surface area contributed by atoms with Gasteiger partial charge >= 0.3 is 0 Å². The Kier molecular flexibility index (Phi) is 7.63. The molecule has 1 atom stereocenters. The monoisotopic (exact) mass is 482 g/mol. The highest BCUT2D eigenvalue weighted by atomic mass is 32.2. The van der Waals surface area contributed by atoms with Crippen molar-refractivity contribution in [2.45, 2.75) is 50.1 Å². The normalized spacial score (nSPS) is 17.3. The van der Waals surface area contributed by atoms with Crippen molar-refractivity contribution in [3.05, 3.63) is 65.9 Å². The fraction of sp³-hybridized carbons (Fsp3) is 0.407. The van der Waals surface area contributed by atoms with E-state index in [-0.39, 0.29) is 10.6 Å². The molecule has 0 radical (unpaired) electrons. The number of sulfone groups is 1. The minimum absolute atomic E-state index is 0.0216. The predicted molar refractivity (Wildman–Crippen MR) is 135 cm³/mol. The number of hydrogen-bond acceptors (Lipinski definition) is 5. The molecule has 0 spiro atoms. The van der Waals surface area contributed by atoms with Gasteiger partial charge in [0.15, 0.2) is 21.3 Å². The second kappa shape index (κ2) is 10.7. The molecule has 1 N–H and O–H groups in total. The highest BCUT2D eigenvalue weighted by molar-refractivity contribution is 7.91. The highest BCUT2D eigenvalue weighted by Crippen LogP contribution is 2.40. The summed E-state index contributed by atoms with van der Waals surface area (Å²) >= 11 is 0. The Labute approximate surface area is 202 Å². The lowest BCUT2D eigenvalue weighted by molar-refractivity contribution is 0.190. The van der Waals surface area contributed by atoms with Crippen LogP contribution in [0.1, 0.15) is 49.9 Å². The van der Waals surface area contributed by atoms with Crippen LogP contribution in [0, 0.1) is 0 Å². The van der Waals surface area contributed by atoms with Crippen LogP contribution < -0.4 is 9.47 Å². The maximum atomic E-state index is 12.6. The van der Waals surface area contributed by atoms with Crippen LogP contribution in [0.3, 0.4) is 0 Å². The molecule has 0 saturated carbocycles. The standard InChI is InChI=1S/C27H34N2O4S/c1-4-34(30,31)22-17-23(27(33-3)26(18-22)32-2)24-15-14-21(28-24)19-29-16-10-6-9-13-25(29)20-11-7-5-8-12-20/h5,7-8,11-12,14-15,17-18,25,28H,4,6,9-10,13,16,19H2,1-3H3. The third kappa shape index (κ3) is 5.15. The topological polar surface area (TPSA) is 71.6 Å². The number of nitrogens with one attached hydrogen (secondary N) is 1. The zero-order chi connectivity index (χ0) is 24.1. The molecule has 0 amide bonds. The van der Waals surface area contributed by atoms with E-state index in [4.69, 9.17) is 9.47 Å². The van der Waals surface area contributed by atoms with Crippen molar-refractivity contribution < 1.29 is 17.9 Å². The number of benzene rings is 2. The van der Waals surface area contributed by atoms with Crippen molar-refractivity contribution >= 4 is 9.84 Å². The molecule has 2 heterocycles. The first-order valence-electron chi connectivity index (χ1n) is 11.9. The molecule has 1 saturated heterocycles. The predicted octanol–water partition coefficient (Wildman–Crippen LogP) is 5.61. The fourth-order valence-electron chi connectivity index (χ4n) is 4.80. The van der Waals surface area contributed by atoms with Crippen LogP contribution in [0.2, 0.25) is 0 Å². The minimum Gasteiger partial charge on any atom is -0.493 e. The van der Waals surface area contributed by atoms with Crippen molar-refractivity contribution in [1.29, 1.82) is 0 Å². The van der Waals surface area contributed by atoms with Crippen LogP contribution in [0.5, 0.6) is 11.5 Å². The van der Waals surface area contributed by atoms with Crippen molar-refractivity contribution in [1.82, 2.24) is 9.88 Å². The number of methoxy groups -OCH3 is 2. The smallest absolute Gasteiger partial charge is 0.178 e. The molecule has 4 rings (SSSR count). The lowest BCUT2D eigenvalue weighted by Crippen LogP contribution is -2.28. The molecule has 2 aromatic carbocycles. The van der Waals surface area contributed by atoms with Crippen molar-refractivity contribution in [3.63, 3.8) is 0 Å². The van der Waals surface area contributed by atoms with Gasteiger partial charge in [0.05, 0.1) is 24.9 Å². The average molecular weight is 483 g/mol. The molecule has 182 valence electrons. The summed E-state index contributed by atoms with van der Waals surface area (Å²) in [5.74, 6) is 0.941. The summed E-state index contributed by atoms with van der Waals surface area (Å²) in [6.45, 7) is 3.49. The van der Waals surface area contributed by atoms with Gasteiger partial charge in [-0.3, -0.25) is 4.90 Å². The van der Waals surface area contributed by atoms with Gasteiger partial charge in [-0.25, -0.2) is 8.42 Å². The average Bonchev–Trinajstić information content (AvgIpc) is 3.21. The number of rotatable bonds is 8. The highest BCUT2D eigenvalue weighted by Gasteiger charge is 2.24. The second-order valence-corrected chi connectivity index (χ2v) is 11.0. The lowest BCUT2D eigenvalue weighted by atomic mass is 10.0. The number of likely N-dealkylation sites (tertiary alicyclic amines) is 1. The summed E-state index contributed by atoms with van der Waals surface area (Å²) < 4.78 is 36.3. The van der Waals surface area contributed by atoms with Gasteiger partial charge in [0.25, 0.3) is 0 Å². The molecule has 34 heavy (non-hydrogen) atoms. The van der Waals surface area contributed by atoms with Crippen LogP contribution >= 0.6 is 0 Å². The lowest BCUT2D eigenvalue weighted by Gasteiger charge is -2.30. The van der Waals surface area contributed by atoms with Gasteiger partial charge in [-0.1, -0.05) is 50.1 Å². The molecular weight excluding hydrogens is 448 g/mol. The number of nitrogens with zero attached hydrogens (tertiary/aromatic N) is 1. The third-order valence-electron chi connectivity index (χ3n) is 6.65. The molecule has 1 aliphatic rings. The van der Waals surface area contributed by atoms with Crippen LogP contribution in [0.4, 0.5) is 0 Å². The Balaban J connectivity index is 1.67. The first-order chi connectivity index (χ1) is 16.5. The molecule has 1 unspecified atom stereocenters. The summed E-state index contributed by atoms with van der Waals surface area (Å²) in [6.07, 6.45) is 4.84. The molecule has 7 heteroatoms. The Bertz CT molecular complexity index is 1200. The number of hydrogen-bond donors (Lipinski definition) is 1. The summed E-state index contributed by atoms with van der Waals surface area (Å²) in [7, 11) is -0.310. The summed E-state index contributed by atoms with van der Waals surface area (Å²) in [5.41, 5.74) is 3.93. The SMILES string of the molecule is CCS(=O)(=O)c1cc(OC)c(OC)c(-c2ccc(CN3CCCCCC3c3ccccc3)[nH]2)c1. The van der Waals surface area contributed by atoms with Gasteiger partial charge < -0.3 is 14.5 Å². The van der Waals surface area contributed by atoms with E-state index in [9.17, 15) is 8.42 Å². The van der Waals surface area contributed by atoms with Crippen LogP contribution in [0.15, 0.2) is 59.5 Å². The molecule has 0 bridgehead atoms. The Morgan fingerprint density at radius 3 is 2.50 bits per heavy atom. The van der Waals surface area contributed by atoms with Gasteiger partial charge in [-0.05, 0) is 43.1 Å². The fourth-order valence-corrected chi connectivity index (χ4v) is 5.72. The van der Waals surface area contributed by atoms with Gasteiger partial charge in [-0.2, -0.15) is 0 Å². The van der Waals surface area contributed by atoms with E-state index in [1.54, 1.807) is 20.1 Å². The molecule has 0 aliphatic carbocycles. The van der Waals surface area contributed by atoms with E-state index in [2.05, 4.69) is 46.3 Å². The molecular formula is C27H34N2O4S. The quantitative estimate of drug-likeness (QED) is 0.452. The zero-order valence-corrected chi connectivity index (χ0v) is 21.0. The van der Waals surface area contributed by atoms with E-state index in [1.165, 1.54) is 38.0 Å². The molecule has 6 nitrogen and oxygen atoms in total. The van der Waals surface area contributed by atoms with Crippen LogP contribution in [-0.4, -0.2) is 44.8 Å². The molecule has 1 fully saturated rings. The number of aromatic nitrogens is 1. The summed E-state index contributed by atoms with van der Waals surface area (Å²) in [4.78, 5) is 6.30. The molecule has 1 aliphatic heterocycles. The van der Waals surface area contributed by atoms with Crippen molar-refractivity contribution in [2.75, 3.05) is 26.5 Å². The Morgan fingerprint density at radius 2 is 1.79 bits per heavy atom. The van der Waals surface area contributed by atoms with E-state index < -0.39 is 9.84 Å². The molecule has 1 aromatic heterocycles.